The first-order chi connectivity index (χ1) is 24.1. The third-order valence-corrected chi connectivity index (χ3v) is 10.4. The van der Waals surface area contributed by atoms with Crippen molar-refractivity contribution < 1.29 is 40.7 Å². The van der Waals surface area contributed by atoms with Crippen LogP contribution in [0, 0.1) is 17.7 Å². The van der Waals surface area contributed by atoms with Crippen molar-refractivity contribution in [2.75, 3.05) is 50.6 Å². The molecule has 14 heteroatoms. The maximum atomic E-state index is 14.5. The van der Waals surface area contributed by atoms with Crippen LogP contribution in [-0.2, 0) is 14.8 Å². The Labute approximate surface area is 295 Å². The second-order valence-corrected chi connectivity index (χ2v) is 15.9. The van der Waals surface area contributed by atoms with Gasteiger partial charge in [0.1, 0.15) is 22.8 Å². The van der Waals surface area contributed by atoms with Gasteiger partial charge < -0.3 is 24.3 Å². The number of hydrogen-bond donors (Lipinski definition) is 1. The number of likely N-dealkylation sites (tertiary alicyclic amines) is 2. The maximum absolute atomic E-state index is 14.5. The molecule has 2 fully saturated rings. The quantitative estimate of drug-likeness (QED) is 0.222. The Hall–Kier alpha value is -4.98. The first-order valence-electron chi connectivity index (χ1n) is 16.6. The van der Waals surface area contributed by atoms with Crippen molar-refractivity contribution in [1.82, 2.24) is 15.1 Å². The van der Waals surface area contributed by atoms with Crippen LogP contribution in [0.25, 0.3) is 33.4 Å². The van der Waals surface area contributed by atoms with E-state index in [1.807, 2.05) is 20.8 Å². The molecule has 51 heavy (non-hydrogen) atoms. The number of fused-ring (bicyclic) bond motifs is 2. The molecule has 6 rings (SSSR count). The fourth-order valence-electron chi connectivity index (χ4n) is 6.89. The Bertz CT molecular complexity index is 2110. The second-order valence-electron chi connectivity index (χ2n) is 14.0. The topological polar surface area (TPSA) is 129 Å². The summed E-state index contributed by atoms with van der Waals surface area (Å²) in [6.07, 6.45) is 1.24. The van der Waals surface area contributed by atoms with Crippen LogP contribution in [0.5, 0.6) is 0 Å². The minimum Gasteiger partial charge on any atom is -0.455 e. The number of halogens is 2. The predicted octanol–water partition coefficient (Wildman–Crippen LogP) is 6.29. The lowest BCUT2D eigenvalue weighted by Gasteiger charge is -2.35. The molecular weight excluding hydrogens is 682 g/mol. The van der Waals surface area contributed by atoms with E-state index in [0.29, 0.717) is 52.6 Å². The number of anilines is 1. The minimum atomic E-state index is -4.14. The van der Waals surface area contributed by atoms with E-state index in [4.69, 9.17) is 9.15 Å². The summed E-state index contributed by atoms with van der Waals surface area (Å²) in [6, 6.07) is 14.8. The summed E-state index contributed by atoms with van der Waals surface area (Å²) in [5.41, 5.74) is 0.905. The standard InChI is InChI=1S/C37H40F2N4O7S/c1-37(2,3)50-36(46)41-14-13-25-18-42(20-26(25)19-41)35(45)24-8-6-7-23(15-24)28-16-29-31(17-30(28)43(21-38)51(5,47)48)49-33(32(29)34(44)40-4)22-9-11-27(39)12-10-22/h6-12,15-17,25-26H,13-14,18-21H2,1-5H3,(H,40,44). The molecule has 3 amide bonds. The normalized spacial score (nSPS) is 17.7. The Morgan fingerprint density at radius 2 is 1.67 bits per heavy atom. The molecule has 2 aliphatic rings. The van der Waals surface area contributed by atoms with E-state index in [0.717, 1.165) is 12.7 Å². The van der Waals surface area contributed by atoms with Gasteiger partial charge in [0.05, 0.1) is 17.5 Å². The van der Waals surface area contributed by atoms with Crippen LogP contribution < -0.4 is 9.62 Å². The van der Waals surface area contributed by atoms with Crippen molar-refractivity contribution in [1.29, 1.82) is 0 Å². The molecule has 2 unspecified atom stereocenters. The number of furan rings is 1. The molecular formula is C37H40F2N4O7S. The van der Waals surface area contributed by atoms with E-state index in [-0.39, 0.29) is 52.0 Å². The van der Waals surface area contributed by atoms with E-state index in [1.54, 1.807) is 40.1 Å². The van der Waals surface area contributed by atoms with Crippen molar-refractivity contribution in [3.05, 3.63) is 77.6 Å². The molecule has 1 N–H and O–H groups in total. The van der Waals surface area contributed by atoms with Gasteiger partial charge in [-0.1, -0.05) is 12.1 Å². The third kappa shape index (κ3) is 7.27. The first kappa shape index (κ1) is 35.8. The van der Waals surface area contributed by atoms with Crippen molar-refractivity contribution in [2.45, 2.75) is 32.8 Å². The zero-order valence-electron chi connectivity index (χ0n) is 29.0. The molecule has 4 aromatic rings. The van der Waals surface area contributed by atoms with Gasteiger partial charge >= 0.3 is 6.09 Å². The Morgan fingerprint density at radius 3 is 2.31 bits per heavy atom. The average molecular weight is 723 g/mol. The molecule has 0 saturated carbocycles. The highest BCUT2D eigenvalue weighted by Crippen LogP contribution is 2.42. The number of sulfonamides is 1. The number of ether oxygens (including phenoxy) is 1. The summed E-state index contributed by atoms with van der Waals surface area (Å²) in [5.74, 6) is -0.823. The number of carbonyl (C=O) groups excluding carboxylic acids is 3. The van der Waals surface area contributed by atoms with Gasteiger partial charge in [-0.3, -0.25) is 9.59 Å². The SMILES string of the molecule is CNC(=O)c1c(-c2ccc(F)cc2)oc2cc(N(CF)S(C)(=O)=O)c(-c3cccc(C(=O)N4CC5CCN(C(=O)OC(C)(C)C)CC5C4)c3)cc12. The number of nitrogens with one attached hydrogen (secondary N) is 1. The van der Waals surface area contributed by atoms with Gasteiger partial charge in [0, 0.05) is 61.4 Å². The fraction of sp³-hybridized carbons (Fsp3) is 0.378. The molecule has 2 saturated heterocycles. The lowest BCUT2D eigenvalue weighted by atomic mass is 9.89. The first-order valence-corrected chi connectivity index (χ1v) is 18.4. The van der Waals surface area contributed by atoms with Crippen LogP contribution in [0.4, 0.5) is 19.3 Å². The molecule has 2 atom stereocenters. The number of carbonyl (C=O) groups is 3. The number of nitrogens with zero attached hydrogens (tertiary/aromatic N) is 3. The summed E-state index contributed by atoms with van der Waals surface area (Å²) >= 11 is 0. The summed E-state index contributed by atoms with van der Waals surface area (Å²) in [4.78, 5) is 43.4. The highest BCUT2D eigenvalue weighted by molar-refractivity contribution is 7.92. The van der Waals surface area contributed by atoms with E-state index >= 15 is 0 Å². The average Bonchev–Trinajstić information content (AvgIpc) is 3.68. The lowest BCUT2D eigenvalue weighted by molar-refractivity contribution is 0.0139. The molecule has 11 nitrogen and oxygen atoms in total. The molecule has 0 bridgehead atoms. The molecule has 1 aromatic heterocycles. The summed E-state index contributed by atoms with van der Waals surface area (Å²) in [6.45, 7) is 6.06. The van der Waals surface area contributed by atoms with Gasteiger partial charge in [-0.15, -0.1) is 0 Å². The monoisotopic (exact) mass is 722 g/mol. The van der Waals surface area contributed by atoms with Gasteiger partial charge in [-0.2, -0.15) is 0 Å². The number of piperidine rings is 1. The van der Waals surface area contributed by atoms with Crippen molar-refractivity contribution >= 4 is 44.6 Å². The van der Waals surface area contributed by atoms with Crippen LogP contribution in [0.15, 0.2) is 65.1 Å². The molecule has 270 valence electrons. The van der Waals surface area contributed by atoms with E-state index in [9.17, 15) is 31.6 Å². The predicted molar refractivity (Wildman–Crippen MR) is 189 cm³/mol. The molecule has 3 aromatic carbocycles. The Balaban J connectivity index is 1.38. The Kier molecular flexibility index (Phi) is 9.57. The highest BCUT2D eigenvalue weighted by atomic mass is 32.2. The molecule has 0 spiro atoms. The number of amides is 3. The molecule has 2 aliphatic heterocycles. The van der Waals surface area contributed by atoms with Gasteiger partial charge in [-0.05, 0) is 87.1 Å². The molecule has 3 heterocycles. The van der Waals surface area contributed by atoms with Crippen LogP contribution in [-0.4, -0.2) is 88.0 Å². The number of rotatable bonds is 7. The maximum Gasteiger partial charge on any atom is 0.410 e. The summed E-state index contributed by atoms with van der Waals surface area (Å²) < 4.78 is 66.2. The lowest BCUT2D eigenvalue weighted by Crippen LogP contribution is -2.45. The van der Waals surface area contributed by atoms with E-state index < -0.39 is 34.1 Å². The Morgan fingerprint density at radius 1 is 0.980 bits per heavy atom. The third-order valence-electron chi connectivity index (χ3n) is 9.31. The van der Waals surface area contributed by atoms with Crippen molar-refractivity contribution in [2.24, 2.45) is 11.8 Å². The minimum absolute atomic E-state index is 0.0608. The molecule has 0 aliphatic carbocycles. The van der Waals surface area contributed by atoms with Crippen LogP contribution >= 0.6 is 0 Å². The zero-order valence-corrected chi connectivity index (χ0v) is 29.9. The van der Waals surface area contributed by atoms with Crippen LogP contribution in [0.2, 0.25) is 0 Å². The second kappa shape index (κ2) is 13.6. The van der Waals surface area contributed by atoms with Crippen molar-refractivity contribution in [3.8, 4) is 22.5 Å². The largest absolute Gasteiger partial charge is 0.455 e. The van der Waals surface area contributed by atoms with Crippen LogP contribution in [0.1, 0.15) is 47.9 Å². The van der Waals surface area contributed by atoms with Crippen LogP contribution in [0.3, 0.4) is 0 Å². The fourth-order valence-corrected chi connectivity index (χ4v) is 7.57. The smallest absolute Gasteiger partial charge is 0.410 e. The summed E-state index contributed by atoms with van der Waals surface area (Å²) in [5, 5.41) is 2.89. The number of hydrogen-bond acceptors (Lipinski definition) is 7. The van der Waals surface area contributed by atoms with Crippen molar-refractivity contribution in [3.63, 3.8) is 0 Å². The number of alkyl halides is 1. The van der Waals surface area contributed by atoms with Gasteiger partial charge in [-0.25, -0.2) is 26.3 Å². The molecule has 0 radical (unpaired) electrons. The summed E-state index contributed by atoms with van der Waals surface area (Å²) in [7, 11) is -2.70. The van der Waals surface area contributed by atoms with E-state index in [1.165, 1.54) is 37.4 Å². The van der Waals surface area contributed by atoms with Gasteiger partial charge in [0.2, 0.25) is 10.0 Å². The van der Waals surface area contributed by atoms with Gasteiger partial charge in [0.25, 0.3) is 11.8 Å². The zero-order chi connectivity index (χ0) is 36.8. The van der Waals surface area contributed by atoms with Gasteiger partial charge in [0.15, 0.2) is 6.80 Å². The van der Waals surface area contributed by atoms with E-state index in [2.05, 4.69) is 5.32 Å². The number of benzene rings is 3. The highest BCUT2D eigenvalue weighted by Gasteiger charge is 2.41.